The van der Waals surface area contributed by atoms with Gasteiger partial charge in [-0.05, 0) is 24.0 Å². The second-order valence-corrected chi connectivity index (χ2v) is 6.63. The molecular weight excluding hydrogens is 330 g/mol. The fraction of sp³-hybridized carbons (Fsp3) is 0.368. The number of fused-ring (bicyclic) bond motifs is 1. The summed E-state index contributed by atoms with van der Waals surface area (Å²) in [6.07, 6.45) is 1.28. The van der Waals surface area contributed by atoms with E-state index in [1.807, 2.05) is 44.2 Å². The Balaban J connectivity index is 1.73. The van der Waals surface area contributed by atoms with E-state index >= 15 is 0 Å². The van der Waals surface area contributed by atoms with Crippen LogP contribution in [0.5, 0.6) is 0 Å². The number of aliphatic hydroxyl groups excluding tert-OH is 1. The fourth-order valence-corrected chi connectivity index (χ4v) is 2.81. The van der Waals surface area contributed by atoms with E-state index in [-0.39, 0.29) is 11.8 Å². The van der Waals surface area contributed by atoms with E-state index in [0.717, 1.165) is 11.3 Å². The zero-order chi connectivity index (χ0) is 18.7. The first kappa shape index (κ1) is 18.0. The molecule has 0 saturated carbocycles. The van der Waals surface area contributed by atoms with Gasteiger partial charge in [-0.15, -0.1) is 0 Å². The van der Waals surface area contributed by atoms with Crippen LogP contribution in [0, 0.1) is 0 Å². The van der Waals surface area contributed by atoms with E-state index in [1.54, 1.807) is 22.5 Å². The molecule has 1 aromatic carbocycles. The number of amides is 1. The van der Waals surface area contributed by atoms with Crippen LogP contribution in [0.25, 0.3) is 5.78 Å². The van der Waals surface area contributed by atoms with Crippen LogP contribution in [-0.4, -0.2) is 49.1 Å². The number of hydrogen-bond donors (Lipinski definition) is 1. The molecule has 7 heteroatoms. The smallest absolute Gasteiger partial charge is 0.272 e. The molecule has 0 bridgehead atoms. The van der Waals surface area contributed by atoms with Gasteiger partial charge in [0.1, 0.15) is 12.0 Å². The van der Waals surface area contributed by atoms with Gasteiger partial charge in [0.05, 0.1) is 11.8 Å². The Hall–Kier alpha value is -2.80. The molecule has 1 atom stereocenters. The van der Waals surface area contributed by atoms with Crippen LogP contribution in [0.4, 0.5) is 0 Å². The number of nitrogens with zero attached hydrogens (tertiary/aromatic N) is 5. The van der Waals surface area contributed by atoms with Gasteiger partial charge < -0.3 is 10.0 Å². The number of hydrogen-bond acceptors (Lipinski definition) is 5. The van der Waals surface area contributed by atoms with Crippen molar-refractivity contribution in [2.24, 2.45) is 0 Å². The molecule has 2 heterocycles. The highest BCUT2D eigenvalue weighted by molar-refractivity contribution is 5.92. The number of carbonyl (C=O) groups is 1. The molecule has 1 amide bonds. The van der Waals surface area contributed by atoms with E-state index < -0.39 is 6.10 Å². The Morgan fingerprint density at radius 3 is 2.69 bits per heavy atom. The Morgan fingerprint density at radius 2 is 2.00 bits per heavy atom. The maximum Gasteiger partial charge on any atom is 0.272 e. The molecule has 3 aromatic rings. The van der Waals surface area contributed by atoms with E-state index in [1.165, 1.54) is 6.33 Å². The quantitative estimate of drug-likeness (QED) is 0.736. The van der Waals surface area contributed by atoms with E-state index in [0.29, 0.717) is 24.4 Å². The summed E-state index contributed by atoms with van der Waals surface area (Å²) in [6.45, 7) is 4.49. The average molecular weight is 353 g/mol. The lowest BCUT2D eigenvalue weighted by Gasteiger charge is -2.20. The molecule has 0 radical (unpaired) electrons. The predicted molar refractivity (Wildman–Crippen MR) is 97.9 cm³/mol. The molecule has 7 nitrogen and oxygen atoms in total. The topological polar surface area (TPSA) is 83.6 Å². The van der Waals surface area contributed by atoms with Crippen LogP contribution >= 0.6 is 0 Å². The van der Waals surface area contributed by atoms with Gasteiger partial charge >= 0.3 is 0 Å². The van der Waals surface area contributed by atoms with E-state index in [4.69, 9.17) is 0 Å². The van der Waals surface area contributed by atoms with Crippen molar-refractivity contribution in [3.05, 3.63) is 59.7 Å². The number of rotatable bonds is 6. The van der Waals surface area contributed by atoms with Crippen molar-refractivity contribution in [3.8, 4) is 0 Å². The largest absolute Gasteiger partial charge is 0.388 e. The lowest BCUT2D eigenvalue weighted by atomic mass is 10.1. The molecule has 26 heavy (non-hydrogen) atoms. The third kappa shape index (κ3) is 3.72. The van der Waals surface area contributed by atoms with Crippen LogP contribution in [0.1, 0.15) is 54.0 Å². The minimum Gasteiger partial charge on any atom is -0.388 e. The Bertz CT molecular complexity index is 891. The van der Waals surface area contributed by atoms with Crippen molar-refractivity contribution < 1.29 is 9.90 Å². The van der Waals surface area contributed by atoms with Crippen molar-refractivity contribution in [2.45, 2.75) is 32.3 Å². The summed E-state index contributed by atoms with van der Waals surface area (Å²) in [6, 6.07) is 11.2. The Labute approximate surface area is 152 Å². The summed E-state index contributed by atoms with van der Waals surface area (Å²) in [5, 5.41) is 14.4. The van der Waals surface area contributed by atoms with Crippen molar-refractivity contribution >= 4 is 11.7 Å². The zero-order valence-corrected chi connectivity index (χ0v) is 15.2. The standard InChI is InChI=1S/C19H23N5O2/c1-13(2)16-11-15(22-19-20-12-21-24(16)19)18(26)23(3)10-9-17(25)14-7-5-4-6-8-14/h4-8,11-13,17,25H,9-10H2,1-3H3/t17-/m1/s1. The van der Waals surface area contributed by atoms with Gasteiger partial charge in [0, 0.05) is 13.6 Å². The monoisotopic (exact) mass is 353 g/mol. The molecule has 1 N–H and O–H groups in total. The third-order valence-corrected chi connectivity index (χ3v) is 4.36. The van der Waals surface area contributed by atoms with Crippen molar-refractivity contribution in [1.29, 1.82) is 0 Å². The van der Waals surface area contributed by atoms with Gasteiger partial charge in [-0.1, -0.05) is 44.2 Å². The zero-order valence-electron chi connectivity index (χ0n) is 15.2. The molecule has 0 spiro atoms. The van der Waals surface area contributed by atoms with E-state index in [2.05, 4.69) is 15.1 Å². The molecule has 3 rings (SSSR count). The van der Waals surface area contributed by atoms with Gasteiger partial charge in [0.15, 0.2) is 0 Å². The number of aromatic nitrogens is 4. The lowest BCUT2D eigenvalue weighted by Crippen LogP contribution is -2.30. The summed E-state index contributed by atoms with van der Waals surface area (Å²) in [5.74, 6) is 0.397. The number of aliphatic hydroxyl groups is 1. The highest BCUT2D eigenvalue weighted by Crippen LogP contribution is 2.18. The Morgan fingerprint density at radius 1 is 1.27 bits per heavy atom. The van der Waals surface area contributed by atoms with Gasteiger partial charge in [0.2, 0.25) is 0 Å². The maximum atomic E-state index is 12.8. The summed E-state index contributed by atoms with van der Waals surface area (Å²) < 4.78 is 1.65. The molecule has 2 aromatic heterocycles. The van der Waals surface area contributed by atoms with Gasteiger partial charge in [-0.2, -0.15) is 10.1 Å². The SMILES string of the molecule is CC(C)c1cc(C(=O)N(C)CC[C@@H](O)c2ccccc2)nc2ncnn12. The second-order valence-electron chi connectivity index (χ2n) is 6.63. The minimum atomic E-state index is -0.607. The normalized spacial score (nSPS) is 12.5. The number of benzene rings is 1. The van der Waals surface area contributed by atoms with Crippen LogP contribution in [-0.2, 0) is 0 Å². The fourth-order valence-electron chi connectivity index (χ4n) is 2.81. The summed E-state index contributed by atoms with van der Waals surface area (Å²) >= 11 is 0. The molecule has 0 fully saturated rings. The number of carbonyl (C=O) groups excluding carboxylic acids is 1. The van der Waals surface area contributed by atoms with Gasteiger partial charge in [-0.25, -0.2) is 9.50 Å². The van der Waals surface area contributed by atoms with Crippen LogP contribution in [0.3, 0.4) is 0 Å². The van der Waals surface area contributed by atoms with E-state index in [9.17, 15) is 9.90 Å². The minimum absolute atomic E-state index is 0.180. The first-order chi connectivity index (χ1) is 12.5. The average Bonchev–Trinajstić information content (AvgIpc) is 3.13. The molecule has 136 valence electrons. The van der Waals surface area contributed by atoms with Crippen molar-refractivity contribution in [2.75, 3.05) is 13.6 Å². The second kappa shape index (κ2) is 7.61. The van der Waals surface area contributed by atoms with Gasteiger partial charge in [0.25, 0.3) is 11.7 Å². The highest BCUT2D eigenvalue weighted by Gasteiger charge is 2.19. The van der Waals surface area contributed by atoms with Crippen LogP contribution in [0.2, 0.25) is 0 Å². The summed E-state index contributed by atoms with van der Waals surface area (Å²) in [4.78, 5) is 22.8. The highest BCUT2D eigenvalue weighted by atomic mass is 16.3. The third-order valence-electron chi connectivity index (χ3n) is 4.36. The van der Waals surface area contributed by atoms with Gasteiger partial charge in [-0.3, -0.25) is 4.79 Å². The lowest BCUT2D eigenvalue weighted by molar-refractivity contribution is 0.0755. The summed E-state index contributed by atoms with van der Waals surface area (Å²) in [5.41, 5.74) is 2.07. The first-order valence-corrected chi connectivity index (χ1v) is 8.66. The molecule has 0 unspecified atom stereocenters. The summed E-state index contributed by atoms with van der Waals surface area (Å²) in [7, 11) is 1.71. The van der Waals surface area contributed by atoms with Crippen LogP contribution in [0.15, 0.2) is 42.7 Å². The van der Waals surface area contributed by atoms with Crippen LogP contribution < -0.4 is 0 Å². The Kier molecular flexibility index (Phi) is 5.27. The molecular formula is C19H23N5O2. The first-order valence-electron chi connectivity index (χ1n) is 8.66. The molecule has 0 saturated heterocycles. The molecule has 0 aliphatic heterocycles. The van der Waals surface area contributed by atoms with Crippen molar-refractivity contribution in [3.63, 3.8) is 0 Å². The molecule has 0 aliphatic rings. The van der Waals surface area contributed by atoms with Crippen molar-refractivity contribution in [1.82, 2.24) is 24.5 Å². The predicted octanol–water partition coefficient (Wildman–Crippen LogP) is 2.44. The maximum absolute atomic E-state index is 12.8. The molecule has 0 aliphatic carbocycles.